The van der Waals surface area contributed by atoms with E-state index in [9.17, 15) is 9.90 Å². The third kappa shape index (κ3) is 2.64. The van der Waals surface area contributed by atoms with Gasteiger partial charge in [-0.15, -0.1) is 0 Å². The molecule has 0 saturated carbocycles. The summed E-state index contributed by atoms with van der Waals surface area (Å²) in [6, 6.07) is 0. The molecule has 0 spiro atoms. The number of allylic oxidation sites excluding steroid dienone is 3. The smallest absolute Gasteiger partial charge is 0.194 e. The van der Waals surface area contributed by atoms with Crippen LogP contribution in [0, 0.1) is 11.3 Å². The van der Waals surface area contributed by atoms with E-state index in [0.717, 1.165) is 31.3 Å². The van der Waals surface area contributed by atoms with Gasteiger partial charge in [0.05, 0.1) is 6.10 Å². The van der Waals surface area contributed by atoms with Crippen molar-refractivity contribution >= 4 is 5.78 Å². The van der Waals surface area contributed by atoms with E-state index in [2.05, 4.69) is 33.4 Å². The van der Waals surface area contributed by atoms with Crippen molar-refractivity contribution in [2.45, 2.75) is 71.2 Å². The molecule has 1 heterocycles. The molecule has 2 aliphatic carbocycles. The van der Waals surface area contributed by atoms with E-state index < -0.39 is 6.10 Å². The molecule has 1 fully saturated rings. The highest BCUT2D eigenvalue weighted by Crippen LogP contribution is 2.51. The SMILES string of the molecule is C=C1C2=C[C@H](O)[C@H](C)[C@@]1(C)CC/C(C)=C/CC[C@@]1(C)O[C@@H]1C2=O. The lowest BCUT2D eigenvalue weighted by molar-refractivity contribution is -0.117. The molecular formula is C20H28O3. The maximum absolute atomic E-state index is 12.9. The Labute approximate surface area is 139 Å². The van der Waals surface area contributed by atoms with Crippen LogP contribution in [0.2, 0.25) is 0 Å². The van der Waals surface area contributed by atoms with Gasteiger partial charge in [0.15, 0.2) is 5.78 Å². The fourth-order valence-electron chi connectivity index (χ4n) is 4.05. The molecule has 1 aliphatic heterocycles. The molecule has 3 heteroatoms. The van der Waals surface area contributed by atoms with Crippen LogP contribution >= 0.6 is 0 Å². The van der Waals surface area contributed by atoms with Crippen molar-refractivity contribution in [3.05, 3.63) is 35.5 Å². The van der Waals surface area contributed by atoms with E-state index >= 15 is 0 Å². The predicted molar refractivity (Wildman–Crippen MR) is 91.0 cm³/mol. The van der Waals surface area contributed by atoms with Crippen molar-refractivity contribution in [1.82, 2.24) is 0 Å². The number of aliphatic hydroxyl groups excluding tert-OH is 1. The Bertz CT molecular complexity index is 614. The van der Waals surface area contributed by atoms with E-state index in [0.29, 0.717) is 5.57 Å². The predicted octanol–water partition coefficient (Wildman–Crippen LogP) is 3.73. The van der Waals surface area contributed by atoms with Crippen LogP contribution in [-0.2, 0) is 9.53 Å². The van der Waals surface area contributed by atoms with Gasteiger partial charge in [0.1, 0.15) is 11.7 Å². The number of rotatable bonds is 0. The van der Waals surface area contributed by atoms with Crippen molar-refractivity contribution in [2.75, 3.05) is 0 Å². The van der Waals surface area contributed by atoms with Crippen molar-refractivity contribution in [2.24, 2.45) is 11.3 Å². The summed E-state index contributed by atoms with van der Waals surface area (Å²) in [5, 5.41) is 10.5. The van der Waals surface area contributed by atoms with Gasteiger partial charge in [-0.25, -0.2) is 0 Å². The van der Waals surface area contributed by atoms with Crippen molar-refractivity contribution in [1.29, 1.82) is 0 Å². The minimum atomic E-state index is -0.610. The second kappa shape index (κ2) is 5.42. The number of aliphatic hydroxyl groups is 1. The highest BCUT2D eigenvalue weighted by atomic mass is 16.6. The molecule has 0 radical (unpaired) electrons. The fourth-order valence-corrected chi connectivity index (χ4v) is 4.05. The fraction of sp³-hybridized carbons (Fsp3) is 0.650. The van der Waals surface area contributed by atoms with Crippen LogP contribution in [0.1, 0.15) is 53.4 Å². The van der Waals surface area contributed by atoms with Crippen molar-refractivity contribution in [3.63, 3.8) is 0 Å². The van der Waals surface area contributed by atoms with E-state index in [1.807, 2.05) is 6.92 Å². The molecule has 0 amide bonds. The summed E-state index contributed by atoms with van der Waals surface area (Å²) >= 11 is 0. The lowest BCUT2D eigenvalue weighted by Gasteiger charge is -2.44. The molecule has 3 rings (SSSR count). The molecular weight excluding hydrogens is 288 g/mol. The molecule has 5 atom stereocenters. The summed E-state index contributed by atoms with van der Waals surface area (Å²) in [5.41, 5.74) is 2.20. The third-order valence-electron chi connectivity index (χ3n) is 6.43. The highest BCUT2D eigenvalue weighted by Gasteiger charge is 2.58. The molecule has 126 valence electrons. The van der Waals surface area contributed by atoms with E-state index in [1.54, 1.807) is 6.08 Å². The van der Waals surface area contributed by atoms with Crippen LogP contribution in [0.5, 0.6) is 0 Å². The van der Waals surface area contributed by atoms with Crippen LogP contribution in [0.4, 0.5) is 0 Å². The van der Waals surface area contributed by atoms with E-state index in [-0.39, 0.29) is 28.8 Å². The molecule has 0 aromatic heterocycles. The summed E-state index contributed by atoms with van der Waals surface area (Å²) < 4.78 is 5.76. The Kier molecular flexibility index (Phi) is 3.93. The molecule has 3 nitrogen and oxygen atoms in total. The average Bonchev–Trinajstić information content (AvgIpc) is 3.17. The van der Waals surface area contributed by atoms with Crippen molar-refractivity contribution < 1.29 is 14.6 Å². The van der Waals surface area contributed by atoms with Crippen LogP contribution in [0.15, 0.2) is 35.5 Å². The Morgan fingerprint density at radius 1 is 1.35 bits per heavy atom. The number of epoxide rings is 1. The first-order chi connectivity index (χ1) is 10.7. The summed E-state index contributed by atoms with van der Waals surface area (Å²) in [4.78, 5) is 12.9. The lowest BCUT2D eigenvalue weighted by Crippen LogP contribution is -2.41. The zero-order chi connectivity index (χ0) is 17.0. The summed E-state index contributed by atoms with van der Waals surface area (Å²) in [6.07, 6.45) is 6.65. The topological polar surface area (TPSA) is 49.8 Å². The minimum Gasteiger partial charge on any atom is -0.389 e. The zero-order valence-corrected chi connectivity index (χ0v) is 14.7. The highest BCUT2D eigenvalue weighted by molar-refractivity contribution is 6.05. The van der Waals surface area contributed by atoms with Gasteiger partial charge in [-0.2, -0.15) is 0 Å². The van der Waals surface area contributed by atoms with Gasteiger partial charge in [-0.05, 0) is 62.5 Å². The van der Waals surface area contributed by atoms with Gasteiger partial charge in [0, 0.05) is 5.57 Å². The minimum absolute atomic E-state index is 0.00375. The average molecular weight is 316 g/mol. The molecule has 1 N–H and O–H groups in total. The Balaban J connectivity index is 2.03. The Hall–Kier alpha value is -1.19. The van der Waals surface area contributed by atoms with Crippen LogP contribution < -0.4 is 0 Å². The second-order valence-electron chi connectivity index (χ2n) is 8.02. The quantitative estimate of drug-likeness (QED) is 0.547. The molecule has 0 unspecified atom stereocenters. The van der Waals surface area contributed by atoms with Crippen molar-refractivity contribution in [3.8, 4) is 0 Å². The number of hydrogen-bond donors (Lipinski definition) is 1. The first-order valence-corrected chi connectivity index (χ1v) is 8.66. The largest absolute Gasteiger partial charge is 0.389 e. The first-order valence-electron chi connectivity index (χ1n) is 8.66. The zero-order valence-electron chi connectivity index (χ0n) is 14.7. The van der Waals surface area contributed by atoms with Gasteiger partial charge in [-0.3, -0.25) is 4.79 Å². The Morgan fingerprint density at radius 3 is 2.74 bits per heavy atom. The lowest BCUT2D eigenvalue weighted by atomic mass is 9.61. The number of fused-ring (bicyclic) bond motifs is 3. The number of Topliss-reactive ketones (excluding diaryl/α,β-unsaturated/α-hetero) is 1. The van der Waals surface area contributed by atoms with Gasteiger partial charge < -0.3 is 9.84 Å². The number of carbonyl (C=O) groups is 1. The first kappa shape index (κ1) is 16.7. The molecule has 0 aromatic rings. The maximum atomic E-state index is 12.9. The molecule has 2 bridgehead atoms. The summed E-state index contributed by atoms with van der Waals surface area (Å²) in [7, 11) is 0. The van der Waals surface area contributed by atoms with Gasteiger partial charge in [-0.1, -0.05) is 32.1 Å². The molecule has 1 saturated heterocycles. The van der Waals surface area contributed by atoms with Gasteiger partial charge in [0.25, 0.3) is 0 Å². The number of hydrogen-bond acceptors (Lipinski definition) is 3. The van der Waals surface area contributed by atoms with Gasteiger partial charge in [0.2, 0.25) is 0 Å². The number of ketones is 1. The monoisotopic (exact) mass is 316 g/mol. The standard InChI is InChI=1S/C20H28O3/c1-12-7-6-9-20(5)18(23-20)17(22)15-11-16(21)14(3)19(4,10-8-12)13(15)2/h7,11,14,16,18,21H,2,6,8-10H2,1,3-5H3/b12-7+/t14-,16-,18+,19-,20+/m0/s1. The normalized spacial score (nSPS) is 46.7. The maximum Gasteiger partial charge on any atom is 0.194 e. The number of carbonyl (C=O) groups excluding carboxylic acids is 1. The van der Waals surface area contributed by atoms with Crippen LogP contribution in [0.3, 0.4) is 0 Å². The summed E-state index contributed by atoms with van der Waals surface area (Å²) in [5.74, 6) is 0.0461. The Morgan fingerprint density at radius 2 is 2.04 bits per heavy atom. The third-order valence-corrected chi connectivity index (χ3v) is 6.43. The molecule has 3 aliphatic rings. The summed E-state index contributed by atoms with van der Waals surface area (Å²) in [6.45, 7) is 12.6. The number of ether oxygens (including phenoxy) is 1. The second-order valence-corrected chi connectivity index (χ2v) is 8.02. The van der Waals surface area contributed by atoms with Crippen LogP contribution in [0.25, 0.3) is 0 Å². The van der Waals surface area contributed by atoms with Gasteiger partial charge >= 0.3 is 0 Å². The molecule has 0 aromatic carbocycles. The molecule has 23 heavy (non-hydrogen) atoms. The van der Waals surface area contributed by atoms with E-state index in [1.165, 1.54) is 5.57 Å². The van der Waals surface area contributed by atoms with E-state index in [4.69, 9.17) is 4.74 Å². The van der Waals surface area contributed by atoms with Crippen LogP contribution in [-0.4, -0.2) is 28.7 Å².